The Kier molecular flexibility index (Phi) is 7.70. The topological polar surface area (TPSA) is 55.4 Å². The molecule has 0 aliphatic rings. The first-order chi connectivity index (χ1) is 10.1. The number of rotatable bonds is 10. The normalized spacial score (nSPS) is 12.6. The molecule has 0 saturated carbocycles. The van der Waals surface area contributed by atoms with Crippen molar-refractivity contribution in [2.24, 2.45) is 0 Å². The molecular weight excluding hydrogens is 308 g/mol. The fraction of sp³-hybridized carbons (Fsp3) is 0.538. The van der Waals surface area contributed by atoms with Gasteiger partial charge < -0.3 is 26.6 Å². The Morgan fingerprint density at radius 2 is 1.19 bits per heavy atom. The second-order valence-electron chi connectivity index (χ2n) is 4.34. The molecule has 0 spiro atoms. The predicted molar refractivity (Wildman–Crippen MR) is 82.7 cm³/mol. The van der Waals surface area contributed by atoms with Gasteiger partial charge in [-0.25, -0.2) is 0 Å². The maximum Gasteiger partial charge on any atom is 0.526 e. The van der Waals surface area contributed by atoms with Gasteiger partial charge in [0.1, 0.15) is 6.23 Å². The van der Waals surface area contributed by atoms with Gasteiger partial charge in [0.05, 0.1) is 0 Å². The minimum atomic E-state index is -2.85. The van der Waals surface area contributed by atoms with Gasteiger partial charge in [0.25, 0.3) is 0 Å². The van der Waals surface area contributed by atoms with Crippen molar-refractivity contribution in [2.75, 3.05) is 41.8 Å². The van der Waals surface area contributed by atoms with Crippen LogP contribution in [0.2, 0.25) is 0 Å². The van der Waals surface area contributed by atoms with Crippen molar-refractivity contribution < 1.29 is 26.6 Å². The van der Waals surface area contributed by atoms with E-state index in [9.17, 15) is 0 Å². The lowest BCUT2D eigenvalue weighted by molar-refractivity contribution is 0.0611. The second kappa shape index (κ2) is 8.76. The fourth-order valence-electron chi connectivity index (χ4n) is 1.87. The van der Waals surface area contributed by atoms with E-state index in [1.807, 2.05) is 30.3 Å². The fourth-order valence-corrected chi connectivity index (χ4v) is 5.84. The summed E-state index contributed by atoms with van der Waals surface area (Å²) in [6.45, 7) is 0. The van der Waals surface area contributed by atoms with Gasteiger partial charge in [-0.05, 0) is 5.56 Å². The Hall–Kier alpha value is -0.586. The molecule has 0 aromatic heterocycles. The van der Waals surface area contributed by atoms with Crippen LogP contribution < -0.4 is 0 Å². The molecule has 1 rings (SSSR count). The third-order valence-corrected chi connectivity index (χ3v) is 8.61. The van der Waals surface area contributed by atoms with Crippen LogP contribution in [0.1, 0.15) is 5.56 Å². The Morgan fingerprint density at radius 3 is 1.62 bits per heavy atom. The van der Waals surface area contributed by atoms with Gasteiger partial charge in [-0.2, -0.15) is 0 Å². The van der Waals surface area contributed by atoms with Gasteiger partial charge >= 0.3 is 17.6 Å². The third kappa shape index (κ3) is 4.97. The Labute approximate surface area is 128 Å². The highest BCUT2D eigenvalue weighted by molar-refractivity contribution is 6.64. The molecule has 0 radical (unpaired) electrons. The standard InChI is InChI=1S/C13H24O6Si2/c1-14-20(15-2,11-13-9-7-6-8-10-13)19-12-21(16-3,17-4)18-5/h6-10H,11-12H2,1-5H3. The average Bonchev–Trinajstić information content (AvgIpc) is 2.56. The average molecular weight is 333 g/mol. The maximum absolute atomic E-state index is 5.95. The zero-order valence-electron chi connectivity index (χ0n) is 13.3. The molecule has 0 saturated heterocycles. The van der Waals surface area contributed by atoms with Gasteiger partial charge in [-0.3, -0.25) is 0 Å². The van der Waals surface area contributed by atoms with Crippen LogP contribution in [0.25, 0.3) is 0 Å². The van der Waals surface area contributed by atoms with Crippen LogP contribution >= 0.6 is 0 Å². The van der Waals surface area contributed by atoms with E-state index in [4.69, 9.17) is 26.6 Å². The highest BCUT2D eigenvalue weighted by Gasteiger charge is 2.46. The van der Waals surface area contributed by atoms with Crippen molar-refractivity contribution in [1.29, 1.82) is 0 Å². The van der Waals surface area contributed by atoms with Crippen LogP contribution in [-0.2, 0) is 32.6 Å². The van der Waals surface area contributed by atoms with E-state index >= 15 is 0 Å². The molecule has 0 unspecified atom stereocenters. The van der Waals surface area contributed by atoms with Crippen molar-refractivity contribution in [2.45, 2.75) is 6.04 Å². The van der Waals surface area contributed by atoms with E-state index in [2.05, 4.69) is 0 Å². The molecular formula is C13H24O6Si2. The number of benzene rings is 1. The number of hydrogen-bond acceptors (Lipinski definition) is 6. The van der Waals surface area contributed by atoms with Crippen LogP contribution in [0.4, 0.5) is 0 Å². The molecule has 0 aliphatic carbocycles. The molecule has 6 nitrogen and oxygen atoms in total. The van der Waals surface area contributed by atoms with Crippen LogP contribution in [-0.4, -0.2) is 59.4 Å². The molecule has 0 atom stereocenters. The van der Waals surface area contributed by atoms with E-state index in [0.717, 1.165) is 5.56 Å². The van der Waals surface area contributed by atoms with Crippen LogP contribution in [0.15, 0.2) is 30.3 Å². The monoisotopic (exact) mass is 332 g/mol. The summed E-state index contributed by atoms with van der Waals surface area (Å²) in [5.74, 6) is 0. The van der Waals surface area contributed by atoms with Gasteiger partial charge in [0.2, 0.25) is 0 Å². The zero-order valence-corrected chi connectivity index (χ0v) is 15.3. The first-order valence-corrected chi connectivity index (χ1v) is 10.4. The summed E-state index contributed by atoms with van der Waals surface area (Å²) in [4.78, 5) is 0. The van der Waals surface area contributed by atoms with E-state index in [1.165, 1.54) is 0 Å². The van der Waals surface area contributed by atoms with Crippen molar-refractivity contribution in [1.82, 2.24) is 0 Å². The van der Waals surface area contributed by atoms with Crippen LogP contribution in [0, 0.1) is 0 Å². The molecule has 0 heterocycles. The first kappa shape index (κ1) is 18.5. The lowest BCUT2D eigenvalue weighted by Crippen LogP contribution is -2.55. The van der Waals surface area contributed by atoms with Crippen molar-refractivity contribution in [3.8, 4) is 0 Å². The summed E-state index contributed by atoms with van der Waals surface area (Å²) in [6, 6.07) is 10.5. The molecule has 8 heteroatoms. The molecule has 120 valence electrons. The molecule has 0 bridgehead atoms. The SMILES string of the molecule is CO[Si](CO[Si](Cc1ccccc1)(OC)OC)(OC)OC. The summed E-state index contributed by atoms with van der Waals surface area (Å²) >= 11 is 0. The smallest absolute Gasteiger partial charge is 0.377 e. The predicted octanol–water partition coefficient (Wildman–Crippen LogP) is 1.43. The van der Waals surface area contributed by atoms with E-state index in [-0.39, 0.29) is 6.23 Å². The van der Waals surface area contributed by atoms with Crippen LogP contribution in [0.5, 0.6) is 0 Å². The summed E-state index contributed by atoms with van der Waals surface area (Å²) in [7, 11) is 2.14. The van der Waals surface area contributed by atoms with Crippen LogP contribution in [0.3, 0.4) is 0 Å². The summed E-state index contributed by atoms with van der Waals surface area (Å²) < 4.78 is 33.1. The lowest BCUT2D eigenvalue weighted by Gasteiger charge is -2.31. The maximum atomic E-state index is 5.95. The Morgan fingerprint density at radius 1 is 0.714 bits per heavy atom. The number of hydrogen-bond donors (Lipinski definition) is 0. The first-order valence-electron chi connectivity index (χ1n) is 6.53. The second-order valence-corrected chi connectivity index (χ2v) is 10.0. The molecule has 1 aromatic rings. The molecule has 0 N–H and O–H groups in total. The molecule has 0 fully saturated rings. The van der Waals surface area contributed by atoms with E-state index in [1.54, 1.807) is 35.5 Å². The molecule has 1 aromatic carbocycles. The molecule has 0 aliphatic heterocycles. The minimum absolute atomic E-state index is 0.178. The third-order valence-electron chi connectivity index (χ3n) is 3.29. The largest absolute Gasteiger partial charge is 0.526 e. The zero-order chi connectivity index (χ0) is 15.8. The van der Waals surface area contributed by atoms with Crippen molar-refractivity contribution >= 4 is 17.6 Å². The summed E-state index contributed by atoms with van der Waals surface area (Å²) in [5.41, 5.74) is 1.09. The van der Waals surface area contributed by atoms with E-state index in [0.29, 0.717) is 6.04 Å². The molecule has 21 heavy (non-hydrogen) atoms. The Bertz CT molecular complexity index is 387. The summed E-state index contributed by atoms with van der Waals surface area (Å²) in [5, 5.41) is 0. The lowest BCUT2D eigenvalue weighted by atomic mass is 10.2. The summed E-state index contributed by atoms with van der Waals surface area (Å²) in [6.07, 6.45) is 0.178. The highest BCUT2D eigenvalue weighted by Crippen LogP contribution is 2.18. The molecule has 0 amide bonds. The van der Waals surface area contributed by atoms with Gasteiger partial charge in [0, 0.05) is 41.6 Å². The van der Waals surface area contributed by atoms with Gasteiger partial charge in [-0.1, -0.05) is 30.3 Å². The van der Waals surface area contributed by atoms with E-state index < -0.39 is 17.6 Å². The Balaban J connectivity index is 2.81. The quantitative estimate of drug-likeness (QED) is 0.604. The van der Waals surface area contributed by atoms with Crippen molar-refractivity contribution in [3.05, 3.63) is 35.9 Å². The minimum Gasteiger partial charge on any atom is -0.377 e. The highest BCUT2D eigenvalue weighted by atomic mass is 28.4. The van der Waals surface area contributed by atoms with Gasteiger partial charge in [0.15, 0.2) is 0 Å². The van der Waals surface area contributed by atoms with Gasteiger partial charge in [-0.15, -0.1) is 0 Å². The van der Waals surface area contributed by atoms with Crippen molar-refractivity contribution in [3.63, 3.8) is 0 Å².